The van der Waals surface area contributed by atoms with Gasteiger partial charge in [-0.1, -0.05) is 11.6 Å². The van der Waals surface area contributed by atoms with Crippen molar-refractivity contribution in [3.8, 4) is 5.69 Å². The van der Waals surface area contributed by atoms with Gasteiger partial charge >= 0.3 is 0 Å². The van der Waals surface area contributed by atoms with Crippen molar-refractivity contribution < 1.29 is 9.53 Å². The minimum atomic E-state index is -0.243. The molecule has 2 fully saturated rings. The molecule has 2 N–H and O–H groups in total. The highest BCUT2D eigenvalue weighted by Crippen LogP contribution is 2.33. The van der Waals surface area contributed by atoms with Gasteiger partial charge in [0, 0.05) is 36.7 Å². The number of carbonyl (C=O) groups is 1. The average Bonchev–Trinajstić information content (AvgIpc) is 3.31. The summed E-state index contributed by atoms with van der Waals surface area (Å²) in [6, 6.07) is 1.82. The molecule has 138 valence electrons. The van der Waals surface area contributed by atoms with E-state index in [0.717, 1.165) is 43.6 Å². The molecule has 2 atom stereocenters. The van der Waals surface area contributed by atoms with E-state index in [1.807, 2.05) is 6.07 Å². The van der Waals surface area contributed by atoms with E-state index in [2.05, 4.69) is 20.7 Å². The molecule has 2 aliphatic rings. The molecule has 26 heavy (non-hydrogen) atoms. The van der Waals surface area contributed by atoms with E-state index in [1.165, 1.54) is 0 Å². The molecule has 0 bridgehead atoms. The lowest BCUT2D eigenvalue weighted by Gasteiger charge is -2.26. The van der Waals surface area contributed by atoms with E-state index in [0.29, 0.717) is 11.6 Å². The summed E-state index contributed by atoms with van der Waals surface area (Å²) in [5.41, 5.74) is 1.76. The predicted molar refractivity (Wildman–Crippen MR) is 97.2 cm³/mol. The predicted octanol–water partition coefficient (Wildman–Crippen LogP) is 1.87. The van der Waals surface area contributed by atoms with Crippen LogP contribution in [0.1, 0.15) is 30.9 Å². The van der Waals surface area contributed by atoms with E-state index >= 15 is 0 Å². The third-order valence-electron chi connectivity index (χ3n) is 5.06. The van der Waals surface area contributed by atoms with Crippen molar-refractivity contribution >= 4 is 17.5 Å². The number of halogens is 1. The van der Waals surface area contributed by atoms with Gasteiger partial charge < -0.3 is 15.4 Å². The molecule has 7 nitrogen and oxygen atoms in total. The average molecular weight is 376 g/mol. The number of pyridine rings is 1. The topological polar surface area (TPSA) is 81.1 Å². The van der Waals surface area contributed by atoms with Crippen LogP contribution >= 0.6 is 11.6 Å². The van der Waals surface area contributed by atoms with Gasteiger partial charge in [0.2, 0.25) is 5.91 Å². The first kappa shape index (κ1) is 17.5. The summed E-state index contributed by atoms with van der Waals surface area (Å²) < 4.78 is 7.68. The van der Waals surface area contributed by atoms with E-state index in [1.54, 1.807) is 29.5 Å². The first-order chi connectivity index (χ1) is 12.7. The third kappa shape index (κ3) is 3.60. The first-order valence-electron chi connectivity index (χ1n) is 8.99. The van der Waals surface area contributed by atoms with Crippen molar-refractivity contribution in [1.29, 1.82) is 0 Å². The highest BCUT2D eigenvalue weighted by atomic mass is 35.5. The van der Waals surface area contributed by atoms with Crippen LogP contribution in [0, 0.1) is 5.92 Å². The maximum atomic E-state index is 12.6. The SMILES string of the molecule is O=C(N[C@H]1CCOC1c1cnccc1-n1cc(Cl)cn1)C1CCNCC1. The minimum Gasteiger partial charge on any atom is -0.371 e. The van der Waals surface area contributed by atoms with Crippen molar-refractivity contribution in [2.24, 2.45) is 5.92 Å². The van der Waals surface area contributed by atoms with E-state index < -0.39 is 0 Å². The Morgan fingerprint density at radius 3 is 2.92 bits per heavy atom. The summed E-state index contributed by atoms with van der Waals surface area (Å²) in [4.78, 5) is 16.9. The second kappa shape index (κ2) is 7.73. The van der Waals surface area contributed by atoms with Gasteiger partial charge in [0.1, 0.15) is 6.10 Å². The Kier molecular flexibility index (Phi) is 5.19. The van der Waals surface area contributed by atoms with Crippen molar-refractivity contribution in [3.63, 3.8) is 0 Å². The Bertz CT molecular complexity index is 774. The van der Waals surface area contributed by atoms with Crippen LogP contribution in [-0.2, 0) is 9.53 Å². The largest absolute Gasteiger partial charge is 0.371 e. The van der Waals surface area contributed by atoms with Crippen LogP contribution in [0.2, 0.25) is 5.02 Å². The number of ether oxygens (including phenoxy) is 1. The molecular weight excluding hydrogens is 354 g/mol. The fourth-order valence-electron chi connectivity index (χ4n) is 3.69. The lowest BCUT2D eigenvalue weighted by molar-refractivity contribution is -0.126. The minimum absolute atomic E-state index is 0.0635. The molecule has 4 heterocycles. The zero-order valence-electron chi connectivity index (χ0n) is 14.4. The van der Waals surface area contributed by atoms with Crippen LogP contribution in [0.25, 0.3) is 5.69 Å². The summed E-state index contributed by atoms with van der Waals surface area (Å²) in [6.07, 6.45) is 9.15. The number of piperidine rings is 1. The van der Waals surface area contributed by atoms with E-state index in [-0.39, 0.29) is 24.0 Å². The van der Waals surface area contributed by atoms with Crippen LogP contribution in [0.5, 0.6) is 0 Å². The molecule has 0 saturated carbocycles. The Labute approximate surface area is 157 Å². The van der Waals surface area contributed by atoms with Gasteiger partial charge in [-0.15, -0.1) is 0 Å². The van der Waals surface area contributed by atoms with Crippen LogP contribution in [0.3, 0.4) is 0 Å². The molecule has 8 heteroatoms. The van der Waals surface area contributed by atoms with Gasteiger partial charge in [0.25, 0.3) is 0 Å². The summed E-state index contributed by atoms with van der Waals surface area (Å²) in [7, 11) is 0. The van der Waals surface area contributed by atoms with Gasteiger partial charge in [-0.05, 0) is 38.4 Å². The highest BCUT2D eigenvalue weighted by molar-refractivity contribution is 6.30. The maximum absolute atomic E-state index is 12.6. The van der Waals surface area contributed by atoms with Crippen molar-refractivity contribution in [2.75, 3.05) is 19.7 Å². The summed E-state index contributed by atoms with van der Waals surface area (Å²) in [6.45, 7) is 2.40. The van der Waals surface area contributed by atoms with Crippen LogP contribution in [0.15, 0.2) is 30.9 Å². The summed E-state index contributed by atoms with van der Waals surface area (Å²) >= 11 is 6.01. The molecule has 4 rings (SSSR count). The van der Waals surface area contributed by atoms with Crippen LogP contribution in [-0.4, -0.2) is 46.4 Å². The zero-order chi connectivity index (χ0) is 17.9. The van der Waals surface area contributed by atoms with Gasteiger partial charge in [-0.3, -0.25) is 9.78 Å². The Morgan fingerprint density at radius 2 is 2.15 bits per heavy atom. The smallest absolute Gasteiger partial charge is 0.223 e. The lowest BCUT2D eigenvalue weighted by Crippen LogP contribution is -2.43. The van der Waals surface area contributed by atoms with Gasteiger partial charge in [-0.25, -0.2) is 4.68 Å². The summed E-state index contributed by atoms with van der Waals surface area (Å²) in [5, 5.41) is 11.3. The highest BCUT2D eigenvalue weighted by Gasteiger charge is 2.34. The normalized spacial score (nSPS) is 23.9. The molecule has 2 aromatic rings. The van der Waals surface area contributed by atoms with Crippen molar-refractivity contribution in [1.82, 2.24) is 25.4 Å². The fourth-order valence-corrected chi connectivity index (χ4v) is 3.82. The van der Waals surface area contributed by atoms with E-state index in [9.17, 15) is 4.79 Å². The molecule has 0 aliphatic carbocycles. The lowest BCUT2D eigenvalue weighted by atomic mass is 9.95. The molecule has 0 aromatic carbocycles. The first-order valence-corrected chi connectivity index (χ1v) is 9.37. The molecule has 2 aliphatic heterocycles. The molecule has 1 unspecified atom stereocenters. The zero-order valence-corrected chi connectivity index (χ0v) is 15.2. The quantitative estimate of drug-likeness (QED) is 0.852. The monoisotopic (exact) mass is 375 g/mol. The molecule has 2 aromatic heterocycles. The van der Waals surface area contributed by atoms with Crippen molar-refractivity contribution in [3.05, 3.63) is 41.4 Å². The Morgan fingerprint density at radius 1 is 1.31 bits per heavy atom. The maximum Gasteiger partial charge on any atom is 0.223 e. The number of nitrogens with one attached hydrogen (secondary N) is 2. The van der Waals surface area contributed by atoms with Crippen LogP contribution < -0.4 is 10.6 Å². The number of carbonyl (C=O) groups excluding carboxylic acids is 1. The molecule has 1 amide bonds. The molecule has 0 radical (unpaired) electrons. The van der Waals surface area contributed by atoms with E-state index in [4.69, 9.17) is 16.3 Å². The number of nitrogens with zero attached hydrogens (tertiary/aromatic N) is 3. The van der Waals surface area contributed by atoms with Crippen LogP contribution in [0.4, 0.5) is 0 Å². The van der Waals surface area contributed by atoms with Gasteiger partial charge in [0.15, 0.2) is 0 Å². The standard InChI is InChI=1S/C18H22ClN5O2/c19-13-9-22-24(11-13)16-3-7-21-10-14(16)17-15(4-8-26-17)23-18(25)12-1-5-20-6-2-12/h3,7,9-12,15,17,20H,1-2,4-6,8H2,(H,23,25)/t15-,17?/m0/s1. The van der Waals surface area contributed by atoms with Gasteiger partial charge in [0.05, 0.1) is 22.9 Å². The summed E-state index contributed by atoms with van der Waals surface area (Å²) in [5.74, 6) is 0.204. The molecule has 0 spiro atoms. The third-order valence-corrected chi connectivity index (χ3v) is 5.26. The van der Waals surface area contributed by atoms with Gasteiger partial charge in [-0.2, -0.15) is 5.10 Å². The number of amides is 1. The second-order valence-electron chi connectivity index (χ2n) is 6.76. The molecular formula is C18H22ClN5O2. The number of rotatable bonds is 4. The Hall–Kier alpha value is -1.96. The van der Waals surface area contributed by atoms with Crippen molar-refractivity contribution in [2.45, 2.75) is 31.4 Å². The molecule has 2 saturated heterocycles. The Balaban J connectivity index is 1.54. The fraction of sp³-hybridized carbons (Fsp3) is 0.500. The number of aromatic nitrogens is 3. The number of hydrogen-bond donors (Lipinski definition) is 2. The number of hydrogen-bond acceptors (Lipinski definition) is 5. The second-order valence-corrected chi connectivity index (χ2v) is 7.19.